The van der Waals surface area contributed by atoms with E-state index in [0.717, 1.165) is 15.9 Å². The first kappa shape index (κ1) is 22.3. The molecule has 4 rings (SSSR count). The quantitative estimate of drug-likeness (QED) is 0.251. The Kier molecular flexibility index (Phi) is 6.24. The molecule has 0 bridgehead atoms. The number of hydrogen-bond acceptors (Lipinski definition) is 3. The summed E-state index contributed by atoms with van der Waals surface area (Å²) in [6, 6.07) is 32.4. The normalized spacial score (nSPS) is 12.7. The average molecular weight is 465 g/mol. The molecule has 3 aromatic carbocycles. The second-order valence-electron chi connectivity index (χ2n) is 7.75. The van der Waals surface area contributed by atoms with E-state index in [1.54, 1.807) is 19.9 Å². The molecular formula is C27H26ClO3P. The maximum atomic E-state index is 12.4. The molecule has 0 aliphatic carbocycles. The molecule has 1 heterocycles. The Bertz CT molecular complexity index is 1100. The third kappa shape index (κ3) is 3.77. The van der Waals surface area contributed by atoms with Gasteiger partial charge in [0.1, 0.15) is 0 Å². The number of rotatable bonds is 7. The van der Waals surface area contributed by atoms with E-state index in [4.69, 9.17) is 20.4 Å². The first-order valence-electron chi connectivity index (χ1n) is 10.6. The van der Waals surface area contributed by atoms with E-state index in [1.165, 1.54) is 0 Å². The van der Waals surface area contributed by atoms with Crippen molar-refractivity contribution >= 4 is 39.1 Å². The summed E-state index contributed by atoms with van der Waals surface area (Å²) in [6.45, 7) is 3.89. The first-order valence-corrected chi connectivity index (χ1v) is 14.0. The monoisotopic (exact) mass is 464 g/mol. The van der Waals surface area contributed by atoms with Gasteiger partial charge in [0.05, 0.1) is 0 Å². The molecule has 0 aliphatic heterocycles. The van der Waals surface area contributed by atoms with E-state index in [-0.39, 0.29) is 5.97 Å². The fourth-order valence-electron chi connectivity index (χ4n) is 4.26. The van der Waals surface area contributed by atoms with Crippen LogP contribution >= 0.6 is 17.2 Å². The predicted molar refractivity (Wildman–Crippen MR) is 134 cm³/mol. The summed E-state index contributed by atoms with van der Waals surface area (Å²) in [6.07, 6.45) is 0.436. The number of halogens is 1. The fourth-order valence-corrected chi connectivity index (χ4v) is 10.2. The summed E-state index contributed by atoms with van der Waals surface area (Å²) in [5, 5.41) is 3.14. The zero-order chi connectivity index (χ0) is 22.6. The van der Waals surface area contributed by atoms with Gasteiger partial charge in [0.2, 0.25) is 0 Å². The van der Waals surface area contributed by atoms with Gasteiger partial charge < -0.3 is 0 Å². The third-order valence-corrected chi connectivity index (χ3v) is 12.9. The Balaban J connectivity index is 1.99. The van der Waals surface area contributed by atoms with Crippen molar-refractivity contribution in [3.63, 3.8) is 0 Å². The minimum atomic E-state index is -3.52. The van der Waals surface area contributed by atoms with Crippen LogP contribution in [0.1, 0.15) is 28.8 Å². The van der Waals surface area contributed by atoms with Crippen LogP contribution in [-0.2, 0) is 10.9 Å². The second-order valence-corrected chi connectivity index (χ2v) is 14.2. The van der Waals surface area contributed by atoms with Crippen LogP contribution in [0, 0.1) is 6.92 Å². The molecule has 0 spiro atoms. The molecule has 1 aromatic heterocycles. The van der Waals surface area contributed by atoms with E-state index in [0.29, 0.717) is 29.9 Å². The Morgan fingerprint density at radius 3 is 1.69 bits per heavy atom. The summed E-state index contributed by atoms with van der Waals surface area (Å²) >= 11 is 8.07. The van der Waals surface area contributed by atoms with Gasteiger partial charge in [-0.2, -0.15) is 0 Å². The van der Waals surface area contributed by atoms with Gasteiger partial charge in [-0.1, -0.05) is 0 Å². The Morgan fingerprint density at radius 1 is 0.844 bits per heavy atom. The van der Waals surface area contributed by atoms with Gasteiger partial charge in [-0.15, -0.1) is 0 Å². The predicted octanol–water partition coefficient (Wildman–Crippen LogP) is 5.95. The third-order valence-electron chi connectivity index (χ3n) is 5.80. The average Bonchev–Trinajstić information content (AvgIpc) is 3.20. The number of carbonyl (C=O) groups is 1. The van der Waals surface area contributed by atoms with Gasteiger partial charge in [0.25, 0.3) is 0 Å². The zero-order valence-corrected chi connectivity index (χ0v) is 19.9. The van der Waals surface area contributed by atoms with Crippen molar-refractivity contribution in [1.82, 2.24) is 0 Å². The van der Waals surface area contributed by atoms with Crippen LogP contribution in [0.5, 0.6) is 0 Å². The Hall–Kier alpha value is -2.87. The van der Waals surface area contributed by atoms with Crippen molar-refractivity contribution < 1.29 is 13.9 Å². The van der Waals surface area contributed by atoms with Gasteiger partial charge in [0, 0.05) is 0 Å². The summed E-state index contributed by atoms with van der Waals surface area (Å²) in [5.41, 5.74) is 0.442. The zero-order valence-electron chi connectivity index (χ0n) is 18.2. The van der Waals surface area contributed by atoms with E-state index in [1.807, 2.05) is 54.6 Å². The van der Waals surface area contributed by atoms with E-state index in [9.17, 15) is 4.79 Å². The number of ether oxygens (including phenoxy) is 1. The summed E-state index contributed by atoms with van der Waals surface area (Å²) in [5.74, 6) is -2.70. The van der Waals surface area contributed by atoms with Gasteiger partial charge in [0.15, 0.2) is 0 Å². The summed E-state index contributed by atoms with van der Waals surface area (Å²) in [4.78, 5) is 12.4. The molecule has 0 radical (unpaired) electrons. The Morgan fingerprint density at radius 2 is 1.28 bits per heavy atom. The van der Waals surface area contributed by atoms with E-state index in [2.05, 4.69) is 36.4 Å². The number of furan rings is 1. The van der Waals surface area contributed by atoms with Gasteiger partial charge >= 0.3 is 194 Å². The van der Waals surface area contributed by atoms with E-state index < -0.39 is 5.96 Å². The maximum absolute atomic E-state index is 12.4. The van der Waals surface area contributed by atoms with Gasteiger partial charge in [-0.3, -0.25) is 0 Å². The van der Waals surface area contributed by atoms with Gasteiger partial charge in [-0.25, -0.2) is 0 Å². The number of carbonyl (C=O) groups excluding carboxylic acids is 1. The molecule has 0 N–H and O–H groups in total. The number of hydrogen-bond donors (Lipinski definition) is 0. The first-order chi connectivity index (χ1) is 15.5. The molecule has 0 atom stereocenters. The van der Waals surface area contributed by atoms with Gasteiger partial charge in [-0.05, 0) is 0 Å². The van der Waals surface area contributed by atoms with E-state index >= 15 is 0 Å². The van der Waals surface area contributed by atoms with Crippen LogP contribution in [0.25, 0.3) is 0 Å². The molecular weight excluding hydrogens is 439 g/mol. The molecule has 0 unspecified atom stereocenters. The Labute approximate surface area is 193 Å². The fraction of sp³-hybridized carbons (Fsp3) is 0.148. The summed E-state index contributed by atoms with van der Waals surface area (Å²) in [7, 11) is 0. The molecule has 0 aliphatic rings. The SMILES string of the molecule is CCOC(=O)c1cc(CP(Cl)(c2ccccc2)(c2ccccc2)c2ccccc2)oc1C. The molecule has 0 fully saturated rings. The van der Waals surface area contributed by atoms with Crippen molar-refractivity contribution in [1.29, 1.82) is 0 Å². The summed E-state index contributed by atoms with van der Waals surface area (Å²) < 4.78 is 11.3. The van der Waals surface area contributed by atoms with Crippen LogP contribution in [0.4, 0.5) is 0 Å². The molecule has 0 amide bonds. The van der Waals surface area contributed by atoms with Crippen molar-refractivity contribution in [3.8, 4) is 0 Å². The standard InChI is InChI=1S/C27H26ClO3P/c1-3-30-27(29)26-19-22(31-21(26)2)20-32(28,23-13-7-4-8-14-23,24-15-9-5-10-16-24)25-17-11-6-12-18-25/h4-19H,3,20H2,1-2H3. The van der Waals surface area contributed by atoms with Crippen molar-refractivity contribution in [2.75, 3.05) is 6.61 Å². The van der Waals surface area contributed by atoms with Crippen LogP contribution in [0.2, 0.25) is 0 Å². The molecule has 164 valence electrons. The van der Waals surface area contributed by atoms with Crippen molar-refractivity contribution in [3.05, 3.63) is 114 Å². The van der Waals surface area contributed by atoms with Crippen LogP contribution in [0.3, 0.4) is 0 Å². The van der Waals surface area contributed by atoms with Crippen LogP contribution in [-0.4, -0.2) is 12.6 Å². The molecule has 5 heteroatoms. The second kappa shape index (κ2) is 8.94. The van der Waals surface area contributed by atoms with Crippen molar-refractivity contribution in [2.45, 2.75) is 20.0 Å². The number of esters is 1. The number of aryl methyl sites for hydroxylation is 1. The number of benzene rings is 3. The minimum absolute atomic E-state index is 0.311. The molecule has 4 aromatic rings. The molecule has 0 saturated carbocycles. The molecule has 0 saturated heterocycles. The topological polar surface area (TPSA) is 39.4 Å². The molecule has 3 nitrogen and oxygen atoms in total. The molecule has 32 heavy (non-hydrogen) atoms. The van der Waals surface area contributed by atoms with Crippen LogP contribution < -0.4 is 15.9 Å². The van der Waals surface area contributed by atoms with Crippen LogP contribution in [0.15, 0.2) is 101 Å². The van der Waals surface area contributed by atoms with Crippen molar-refractivity contribution in [2.24, 2.45) is 0 Å².